The highest BCUT2D eigenvalue weighted by atomic mass is 16.3. The Hall–Kier alpha value is -0.610. The number of hydrogen-bond donors (Lipinski definition) is 2. The lowest BCUT2D eigenvalue weighted by Gasteiger charge is -2.18. The molecule has 58 valence electrons. The number of likely N-dealkylation sites (tertiary alicyclic amines) is 1. The highest BCUT2D eigenvalue weighted by Crippen LogP contribution is 2.14. The van der Waals surface area contributed by atoms with Gasteiger partial charge in [0.15, 0.2) is 0 Å². The molecule has 1 aliphatic rings. The molecule has 1 fully saturated rings. The van der Waals surface area contributed by atoms with E-state index in [2.05, 4.69) is 0 Å². The molecule has 0 spiro atoms. The fraction of sp³-hybridized carbons (Fsp3) is 0.833. The zero-order valence-electron chi connectivity index (χ0n) is 5.66. The average Bonchev–Trinajstić information content (AvgIpc) is 2.20. The van der Waals surface area contributed by atoms with Crippen molar-refractivity contribution < 1.29 is 15.0 Å². The van der Waals surface area contributed by atoms with Crippen LogP contribution < -0.4 is 0 Å². The van der Waals surface area contributed by atoms with Gasteiger partial charge in [0.25, 0.3) is 0 Å². The number of carbonyl (C=O) groups is 1. The molecule has 2 N–H and O–H groups in total. The maximum absolute atomic E-state index is 10.8. The first kappa shape index (κ1) is 7.50. The van der Waals surface area contributed by atoms with Gasteiger partial charge in [0.2, 0.25) is 5.91 Å². The van der Waals surface area contributed by atoms with Crippen LogP contribution in [0.3, 0.4) is 0 Å². The number of rotatable bonds is 2. The van der Waals surface area contributed by atoms with Crippen molar-refractivity contribution >= 4 is 5.91 Å². The van der Waals surface area contributed by atoms with E-state index in [0.717, 1.165) is 0 Å². The Balaban J connectivity index is 2.46. The van der Waals surface area contributed by atoms with Gasteiger partial charge in [-0.3, -0.25) is 4.79 Å². The second-order valence-electron chi connectivity index (χ2n) is 2.33. The van der Waals surface area contributed by atoms with Gasteiger partial charge >= 0.3 is 0 Å². The Morgan fingerprint density at radius 3 is 2.80 bits per heavy atom. The van der Waals surface area contributed by atoms with Gasteiger partial charge in [-0.15, -0.1) is 0 Å². The van der Waals surface area contributed by atoms with Gasteiger partial charge in [0.1, 0.15) is 6.23 Å². The van der Waals surface area contributed by atoms with Crippen molar-refractivity contribution in [3.8, 4) is 0 Å². The maximum Gasteiger partial charge on any atom is 0.224 e. The molecule has 0 radical (unpaired) electrons. The molecule has 1 heterocycles. The molecule has 1 saturated heterocycles. The summed E-state index contributed by atoms with van der Waals surface area (Å²) in [7, 11) is 0. The van der Waals surface area contributed by atoms with Crippen LogP contribution in [0.25, 0.3) is 0 Å². The summed E-state index contributed by atoms with van der Waals surface area (Å²) in [6, 6.07) is 0. The van der Waals surface area contributed by atoms with E-state index in [1.807, 2.05) is 0 Å². The molecule has 0 aromatic heterocycles. The quantitative estimate of drug-likeness (QED) is 0.519. The number of aliphatic hydroxyl groups excluding tert-OH is 2. The number of aliphatic hydroxyl groups is 2. The lowest BCUT2D eigenvalue weighted by molar-refractivity contribution is -0.133. The standard InChI is InChI=1S/C6H11NO3/c8-4-3-7-5(9)1-2-6(7)10/h5,8-9H,1-4H2. The summed E-state index contributed by atoms with van der Waals surface area (Å²) < 4.78 is 0. The summed E-state index contributed by atoms with van der Waals surface area (Å²) in [5.41, 5.74) is 0. The van der Waals surface area contributed by atoms with Gasteiger partial charge in [-0.2, -0.15) is 0 Å². The molecule has 0 aliphatic carbocycles. The van der Waals surface area contributed by atoms with Crippen LogP contribution in [0.4, 0.5) is 0 Å². The molecular weight excluding hydrogens is 134 g/mol. The molecule has 1 aliphatic heterocycles. The highest BCUT2D eigenvalue weighted by molar-refractivity contribution is 5.78. The first-order valence-electron chi connectivity index (χ1n) is 3.34. The van der Waals surface area contributed by atoms with Gasteiger partial charge in [0, 0.05) is 19.4 Å². The van der Waals surface area contributed by atoms with E-state index in [4.69, 9.17) is 10.2 Å². The Labute approximate surface area is 59.1 Å². The zero-order valence-corrected chi connectivity index (χ0v) is 5.66. The zero-order chi connectivity index (χ0) is 7.56. The van der Waals surface area contributed by atoms with E-state index in [0.29, 0.717) is 12.8 Å². The topological polar surface area (TPSA) is 60.8 Å². The van der Waals surface area contributed by atoms with E-state index in [1.54, 1.807) is 0 Å². The van der Waals surface area contributed by atoms with Crippen molar-refractivity contribution in [1.82, 2.24) is 4.90 Å². The first-order valence-corrected chi connectivity index (χ1v) is 3.34. The number of β-amino-alcohol motifs (C(OH)–C–C–N with tert-alkyl or cyclic N) is 1. The minimum atomic E-state index is -0.667. The number of nitrogens with zero attached hydrogens (tertiary/aromatic N) is 1. The van der Waals surface area contributed by atoms with Gasteiger partial charge in [0.05, 0.1) is 6.61 Å². The van der Waals surface area contributed by atoms with Crippen molar-refractivity contribution in [3.63, 3.8) is 0 Å². The van der Waals surface area contributed by atoms with E-state index in [-0.39, 0.29) is 19.1 Å². The number of hydrogen-bond acceptors (Lipinski definition) is 3. The molecule has 1 atom stereocenters. The Kier molecular flexibility index (Phi) is 2.24. The fourth-order valence-corrected chi connectivity index (χ4v) is 1.10. The van der Waals surface area contributed by atoms with Crippen molar-refractivity contribution in [2.45, 2.75) is 19.1 Å². The molecular formula is C6H11NO3. The SMILES string of the molecule is O=C1CCC(O)N1CCO. The van der Waals surface area contributed by atoms with Crippen LogP contribution in [-0.2, 0) is 4.79 Å². The predicted molar refractivity (Wildman–Crippen MR) is 34.0 cm³/mol. The second kappa shape index (κ2) is 2.98. The molecule has 0 saturated carbocycles. The third-order valence-electron chi connectivity index (χ3n) is 1.64. The minimum absolute atomic E-state index is 0.0680. The smallest absolute Gasteiger partial charge is 0.224 e. The molecule has 4 nitrogen and oxygen atoms in total. The Morgan fingerprint density at radius 2 is 2.40 bits per heavy atom. The van der Waals surface area contributed by atoms with Crippen molar-refractivity contribution in [1.29, 1.82) is 0 Å². The monoisotopic (exact) mass is 145 g/mol. The second-order valence-corrected chi connectivity index (χ2v) is 2.33. The normalized spacial score (nSPS) is 26.0. The van der Waals surface area contributed by atoms with Crippen LogP contribution in [0, 0.1) is 0 Å². The Morgan fingerprint density at radius 1 is 1.70 bits per heavy atom. The predicted octanol–water partition coefficient (Wildman–Crippen LogP) is -1.08. The van der Waals surface area contributed by atoms with E-state index >= 15 is 0 Å². The minimum Gasteiger partial charge on any atom is -0.395 e. The molecule has 1 amide bonds. The molecule has 0 bridgehead atoms. The molecule has 10 heavy (non-hydrogen) atoms. The van der Waals surface area contributed by atoms with Gasteiger partial charge in [-0.05, 0) is 0 Å². The van der Waals surface area contributed by atoms with Crippen molar-refractivity contribution in [3.05, 3.63) is 0 Å². The largest absolute Gasteiger partial charge is 0.395 e. The van der Waals surface area contributed by atoms with Crippen molar-refractivity contribution in [2.24, 2.45) is 0 Å². The van der Waals surface area contributed by atoms with Crippen LogP contribution in [0.2, 0.25) is 0 Å². The Bertz CT molecular complexity index is 137. The number of carbonyl (C=O) groups excluding carboxylic acids is 1. The van der Waals surface area contributed by atoms with Crippen molar-refractivity contribution in [2.75, 3.05) is 13.2 Å². The third kappa shape index (κ3) is 1.27. The van der Waals surface area contributed by atoms with Crippen LogP contribution in [0.1, 0.15) is 12.8 Å². The molecule has 4 heteroatoms. The summed E-state index contributed by atoms with van der Waals surface area (Å²) in [4.78, 5) is 12.1. The summed E-state index contributed by atoms with van der Waals surface area (Å²) in [5.74, 6) is -0.0680. The van der Waals surface area contributed by atoms with Gasteiger partial charge in [-0.25, -0.2) is 0 Å². The molecule has 1 unspecified atom stereocenters. The summed E-state index contributed by atoms with van der Waals surface area (Å²) in [5, 5.41) is 17.5. The van der Waals surface area contributed by atoms with E-state index in [9.17, 15) is 4.79 Å². The van der Waals surface area contributed by atoms with Crippen LogP contribution >= 0.6 is 0 Å². The van der Waals surface area contributed by atoms with E-state index in [1.165, 1.54) is 4.90 Å². The number of amides is 1. The van der Waals surface area contributed by atoms with E-state index < -0.39 is 6.23 Å². The molecule has 0 aromatic rings. The first-order chi connectivity index (χ1) is 4.75. The maximum atomic E-state index is 10.8. The van der Waals surface area contributed by atoms with Gasteiger partial charge in [-0.1, -0.05) is 0 Å². The molecule has 1 rings (SSSR count). The van der Waals surface area contributed by atoms with Gasteiger partial charge < -0.3 is 15.1 Å². The third-order valence-corrected chi connectivity index (χ3v) is 1.64. The molecule has 0 aromatic carbocycles. The van der Waals surface area contributed by atoms with Crippen LogP contribution in [0.15, 0.2) is 0 Å². The lowest BCUT2D eigenvalue weighted by atomic mass is 10.4. The lowest BCUT2D eigenvalue weighted by Crippen LogP contribution is -2.34. The van der Waals surface area contributed by atoms with Crippen LogP contribution in [-0.4, -0.2) is 40.4 Å². The summed E-state index contributed by atoms with van der Waals surface area (Å²) in [6.07, 6.45) is 0.236. The van der Waals surface area contributed by atoms with Crippen LogP contribution in [0.5, 0.6) is 0 Å². The summed E-state index contributed by atoms with van der Waals surface area (Å²) in [6.45, 7) is 0.169. The fourth-order valence-electron chi connectivity index (χ4n) is 1.10. The highest BCUT2D eigenvalue weighted by Gasteiger charge is 2.27. The average molecular weight is 145 g/mol. The summed E-state index contributed by atoms with van der Waals surface area (Å²) >= 11 is 0.